The van der Waals surface area contributed by atoms with Crippen LogP contribution in [0.15, 0.2) is 42.5 Å². The average Bonchev–Trinajstić information content (AvgIpc) is 2.51. The number of rotatable bonds is 5. The molecule has 0 bridgehead atoms. The third-order valence-corrected chi connectivity index (χ3v) is 2.95. The molecule has 0 atom stereocenters. The normalized spacial score (nSPS) is 10.7. The Morgan fingerprint density at radius 2 is 2.00 bits per heavy atom. The molecule has 3 N–H and O–H groups in total. The molecule has 0 saturated heterocycles. The maximum absolute atomic E-state index is 13.1. The van der Waals surface area contributed by atoms with E-state index in [1.807, 2.05) is 6.92 Å². The van der Waals surface area contributed by atoms with E-state index in [2.05, 4.69) is 5.32 Å². The molecule has 2 aromatic carbocycles. The van der Waals surface area contributed by atoms with Crippen molar-refractivity contribution in [3.8, 4) is 5.75 Å². The number of halogens is 2. The summed E-state index contributed by atoms with van der Waals surface area (Å²) in [6.07, 6.45) is 2.83. The van der Waals surface area contributed by atoms with Gasteiger partial charge in [-0.05, 0) is 42.8 Å². The van der Waals surface area contributed by atoms with Gasteiger partial charge in [0.25, 0.3) is 0 Å². The van der Waals surface area contributed by atoms with Crippen LogP contribution in [0.4, 0.5) is 20.2 Å². The summed E-state index contributed by atoms with van der Waals surface area (Å²) in [6, 6.07) is 8.28. The molecule has 0 unspecified atom stereocenters. The fourth-order valence-corrected chi connectivity index (χ4v) is 1.89. The monoisotopic (exact) mass is 318 g/mol. The summed E-state index contributed by atoms with van der Waals surface area (Å²) in [7, 11) is 0. The standard InChI is InChI=1S/C17H16F2N2O2/c1-2-23-16-7-3-11(9-15(16)20)4-8-17(22)21-12-5-6-13(18)14(19)10-12/h3-10H,2,20H2,1H3,(H,21,22)/b8-4-. The molecule has 1 amide bonds. The van der Waals surface area contributed by atoms with Gasteiger partial charge in [0.15, 0.2) is 11.6 Å². The zero-order valence-corrected chi connectivity index (χ0v) is 12.5. The number of hydrogen-bond donors (Lipinski definition) is 2. The van der Waals surface area contributed by atoms with Gasteiger partial charge in [-0.2, -0.15) is 0 Å². The zero-order chi connectivity index (χ0) is 16.8. The smallest absolute Gasteiger partial charge is 0.248 e. The number of nitrogens with two attached hydrogens (primary N) is 1. The van der Waals surface area contributed by atoms with Crippen LogP contribution in [-0.4, -0.2) is 12.5 Å². The summed E-state index contributed by atoms with van der Waals surface area (Å²) in [6.45, 7) is 2.37. The first-order valence-corrected chi connectivity index (χ1v) is 6.96. The number of carbonyl (C=O) groups is 1. The Morgan fingerprint density at radius 3 is 2.65 bits per heavy atom. The molecule has 0 aliphatic heterocycles. The highest BCUT2D eigenvalue weighted by Gasteiger charge is 2.04. The molecular weight excluding hydrogens is 302 g/mol. The van der Waals surface area contributed by atoms with E-state index in [1.165, 1.54) is 12.1 Å². The quantitative estimate of drug-likeness (QED) is 0.654. The predicted octanol–water partition coefficient (Wildman–Crippen LogP) is 3.60. The predicted molar refractivity (Wildman–Crippen MR) is 86.0 cm³/mol. The van der Waals surface area contributed by atoms with E-state index in [0.717, 1.165) is 12.1 Å². The summed E-state index contributed by atoms with van der Waals surface area (Å²) >= 11 is 0. The lowest BCUT2D eigenvalue weighted by molar-refractivity contribution is -0.111. The molecule has 2 aromatic rings. The van der Waals surface area contributed by atoms with E-state index < -0.39 is 17.5 Å². The molecule has 0 fully saturated rings. The lowest BCUT2D eigenvalue weighted by Gasteiger charge is -2.07. The van der Waals surface area contributed by atoms with Crippen molar-refractivity contribution >= 4 is 23.4 Å². The first kappa shape index (κ1) is 16.5. The molecule has 0 aliphatic rings. The van der Waals surface area contributed by atoms with Crippen molar-refractivity contribution < 1.29 is 18.3 Å². The van der Waals surface area contributed by atoms with Crippen LogP contribution < -0.4 is 15.8 Å². The minimum Gasteiger partial charge on any atom is -0.492 e. The molecular formula is C17H16F2N2O2. The molecule has 0 saturated carbocycles. The van der Waals surface area contributed by atoms with Crippen LogP contribution >= 0.6 is 0 Å². The molecule has 6 heteroatoms. The summed E-state index contributed by atoms with van der Waals surface area (Å²) in [5.74, 6) is -1.88. The minimum atomic E-state index is -1.02. The van der Waals surface area contributed by atoms with E-state index in [4.69, 9.17) is 10.5 Å². The van der Waals surface area contributed by atoms with Gasteiger partial charge in [-0.15, -0.1) is 0 Å². The average molecular weight is 318 g/mol. The molecule has 0 radical (unpaired) electrons. The number of benzene rings is 2. The van der Waals surface area contributed by atoms with Gasteiger partial charge in [-0.25, -0.2) is 8.78 Å². The van der Waals surface area contributed by atoms with Gasteiger partial charge in [-0.1, -0.05) is 6.07 Å². The van der Waals surface area contributed by atoms with Gasteiger partial charge < -0.3 is 15.8 Å². The van der Waals surface area contributed by atoms with Crippen molar-refractivity contribution in [2.45, 2.75) is 6.92 Å². The molecule has 120 valence electrons. The zero-order valence-electron chi connectivity index (χ0n) is 12.5. The van der Waals surface area contributed by atoms with E-state index in [0.29, 0.717) is 23.6 Å². The lowest BCUT2D eigenvalue weighted by Crippen LogP contribution is -2.08. The maximum Gasteiger partial charge on any atom is 0.248 e. The number of nitrogens with one attached hydrogen (secondary N) is 1. The van der Waals surface area contributed by atoms with Crippen LogP contribution in [0.3, 0.4) is 0 Å². The first-order valence-electron chi connectivity index (χ1n) is 6.96. The largest absolute Gasteiger partial charge is 0.492 e. The number of anilines is 2. The Morgan fingerprint density at radius 1 is 1.22 bits per heavy atom. The molecule has 23 heavy (non-hydrogen) atoms. The maximum atomic E-state index is 13.1. The fraction of sp³-hybridized carbons (Fsp3) is 0.118. The van der Waals surface area contributed by atoms with Gasteiger partial charge in [-0.3, -0.25) is 4.79 Å². The van der Waals surface area contributed by atoms with Crippen LogP contribution in [0.5, 0.6) is 5.75 Å². The third-order valence-electron chi connectivity index (χ3n) is 2.95. The fourth-order valence-electron chi connectivity index (χ4n) is 1.89. The lowest BCUT2D eigenvalue weighted by atomic mass is 10.1. The third kappa shape index (κ3) is 4.54. The van der Waals surface area contributed by atoms with Crippen molar-refractivity contribution in [3.63, 3.8) is 0 Å². The molecule has 0 aromatic heterocycles. The molecule has 0 spiro atoms. The summed E-state index contributed by atoms with van der Waals surface area (Å²) < 4.78 is 31.2. The first-order chi connectivity index (χ1) is 11.0. The van der Waals surface area contributed by atoms with Gasteiger partial charge in [0, 0.05) is 17.8 Å². The van der Waals surface area contributed by atoms with Crippen LogP contribution in [0.1, 0.15) is 12.5 Å². The molecule has 0 aliphatic carbocycles. The van der Waals surface area contributed by atoms with Crippen LogP contribution in [0.25, 0.3) is 6.08 Å². The van der Waals surface area contributed by atoms with Crippen molar-refractivity contribution in [3.05, 3.63) is 59.7 Å². The Bertz CT molecular complexity index is 745. The van der Waals surface area contributed by atoms with Crippen molar-refractivity contribution in [2.75, 3.05) is 17.7 Å². The Hall–Kier alpha value is -2.89. The van der Waals surface area contributed by atoms with E-state index in [1.54, 1.807) is 24.3 Å². The van der Waals surface area contributed by atoms with E-state index >= 15 is 0 Å². The minimum absolute atomic E-state index is 0.171. The van der Waals surface area contributed by atoms with Crippen LogP contribution in [-0.2, 0) is 4.79 Å². The van der Waals surface area contributed by atoms with Crippen LogP contribution in [0, 0.1) is 11.6 Å². The van der Waals surface area contributed by atoms with E-state index in [-0.39, 0.29) is 5.69 Å². The Kier molecular flexibility index (Phi) is 5.30. The topological polar surface area (TPSA) is 64.3 Å². The Balaban J connectivity index is 2.03. The van der Waals surface area contributed by atoms with Crippen molar-refractivity contribution in [1.29, 1.82) is 0 Å². The van der Waals surface area contributed by atoms with Gasteiger partial charge >= 0.3 is 0 Å². The molecule has 2 rings (SSSR count). The van der Waals surface area contributed by atoms with Gasteiger partial charge in [0.2, 0.25) is 5.91 Å². The number of ether oxygens (including phenoxy) is 1. The number of hydrogen-bond acceptors (Lipinski definition) is 3. The van der Waals surface area contributed by atoms with E-state index in [9.17, 15) is 13.6 Å². The highest BCUT2D eigenvalue weighted by Crippen LogP contribution is 2.23. The highest BCUT2D eigenvalue weighted by molar-refractivity contribution is 6.02. The number of carbonyl (C=O) groups excluding carboxylic acids is 1. The second-order valence-electron chi connectivity index (χ2n) is 4.68. The van der Waals surface area contributed by atoms with Crippen molar-refractivity contribution in [2.24, 2.45) is 0 Å². The number of amides is 1. The summed E-state index contributed by atoms with van der Waals surface area (Å²) in [5, 5.41) is 2.44. The van der Waals surface area contributed by atoms with Crippen molar-refractivity contribution in [1.82, 2.24) is 0 Å². The summed E-state index contributed by atoms with van der Waals surface area (Å²) in [4.78, 5) is 11.8. The molecule has 4 nitrogen and oxygen atoms in total. The second kappa shape index (κ2) is 7.40. The number of nitrogen functional groups attached to an aromatic ring is 1. The second-order valence-corrected chi connectivity index (χ2v) is 4.68. The SMILES string of the molecule is CCOc1ccc(/C=C\C(=O)Nc2ccc(F)c(F)c2)cc1N. The van der Waals surface area contributed by atoms with Gasteiger partial charge in [0.1, 0.15) is 5.75 Å². The highest BCUT2D eigenvalue weighted by atomic mass is 19.2. The Labute approximate surface area is 132 Å². The van der Waals surface area contributed by atoms with Crippen LogP contribution in [0.2, 0.25) is 0 Å². The van der Waals surface area contributed by atoms with Gasteiger partial charge in [0.05, 0.1) is 12.3 Å². The summed E-state index contributed by atoms with van der Waals surface area (Å²) in [5.41, 5.74) is 7.18. The molecule has 0 heterocycles.